The topological polar surface area (TPSA) is 0 Å². The highest BCUT2D eigenvalue weighted by atomic mass is 79.9. The predicted octanol–water partition coefficient (Wildman–Crippen LogP) is 5.85. The van der Waals surface area contributed by atoms with E-state index >= 15 is 0 Å². The van der Waals surface area contributed by atoms with Crippen LogP contribution in [0.15, 0.2) is 42.5 Å². The van der Waals surface area contributed by atoms with Crippen molar-refractivity contribution in [2.24, 2.45) is 0 Å². The molecule has 0 saturated heterocycles. The average Bonchev–Trinajstić information content (AvgIpc) is 2.40. The van der Waals surface area contributed by atoms with Crippen molar-refractivity contribution in [3.05, 3.63) is 69.5 Å². The molecule has 0 aliphatic carbocycles. The van der Waals surface area contributed by atoms with Crippen LogP contribution in [0.2, 0.25) is 10.0 Å². The maximum atomic E-state index is 13.1. The van der Waals surface area contributed by atoms with Crippen molar-refractivity contribution >= 4 is 39.1 Å². The normalized spacial score (nSPS) is 12.4. The molecule has 0 amide bonds. The summed E-state index contributed by atoms with van der Waals surface area (Å²) in [6, 6.07) is 12.6. The Morgan fingerprint density at radius 2 is 1.89 bits per heavy atom. The van der Waals surface area contributed by atoms with Gasteiger partial charge in [-0.15, -0.1) is 0 Å². The average molecular weight is 362 g/mol. The maximum Gasteiger partial charge on any atom is 0.141 e. The summed E-state index contributed by atoms with van der Waals surface area (Å²) in [6.45, 7) is 0. The second-order valence-electron chi connectivity index (χ2n) is 4.36. The van der Waals surface area contributed by atoms with E-state index in [1.165, 1.54) is 6.07 Å². The highest BCUT2D eigenvalue weighted by Crippen LogP contribution is 2.27. The Balaban J connectivity index is 2.21. The molecule has 0 bridgehead atoms. The smallest absolute Gasteiger partial charge is 0.141 e. The number of rotatable bonds is 4. The van der Waals surface area contributed by atoms with Gasteiger partial charge in [0.2, 0.25) is 0 Å². The molecule has 100 valence electrons. The molecule has 0 saturated carbocycles. The fourth-order valence-corrected chi connectivity index (χ4v) is 2.98. The first-order chi connectivity index (χ1) is 9.10. The summed E-state index contributed by atoms with van der Waals surface area (Å²) < 4.78 is 13.1. The fourth-order valence-electron chi connectivity index (χ4n) is 1.97. The molecule has 4 heteroatoms. The molecule has 1 unspecified atom stereocenters. The van der Waals surface area contributed by atoms with E-state index in [0.29, 0.717) is 0 Å². The van der Waals surface area contributed by atoms with Crippen LogP contribution in [0.1, 0.15) is 17.0 Å². The van der Waals surface area contributed by atoms with Gasteiger partial charge in [0.15, 0.2) is 0 Å². The molecule has 0 N–H and O–H groups in total. The molecule has 0 aromatic heterocycles. The third-order valence-corrected chi connectivity index (χ3v) is 4.28. The summed E-state index contributed by atoms with van der Waals surface area (Å²) >= 11 is 15.3. The van der Waals surface area contributed by atoms with Crippen molar-refractivity contribution in [3.63, 3.8) is 0 Å². The summed E-state index contributed by atoms with van der Waals surface area (Å²) in [6.07, 6.45) is 0.783. The van der Waals surface area contributed by atoms with Crippen LogP contribution in [0.4, 0.5) is 4.39 Å². The Morgan fingerprint density at radius 3 is 2.53 bits per heavy atom. The zero-order chi connectivity index (χ0) is 13.8. The lowest BCUT2D eigenvalue weighted by molar-refractivity contribution is 0.626. The lowest BCUT2D eigenvalue weighted by Gasteiger charge is -2.15. The van der Waals surface area contributed by atoms with Crippen LogP contribution in [-0.4, -0.2) is 5.33 Å². The summed E-state index contributed by atoms with van der Waals surface area (Å²) in [5.41, 5.74) is 2.17. The van der Waals surface area contributed by atoms with E-state index in [9.17, 15) is 4.39 Å². The fraction of sp³-hybridized carbons (Fsp3) is 0.200. The monoisotopic (exact) mass is 360 g/mol. The van der Waals surface area contributed by atoms with Gasteiger partial charge in [-0.05, 0) is 47.7 Å². The molecule has 0 nitrogen and oxygen atoms in total. The Kier molecular flexibility index (Phi) is 5.26. The first-order valence-electron chi connectivity index (χ1n) is 5.85. The summed E-state index contributed by atoms with van der Waals surface area (Å²) in [4.78, 5) is 0. The van der Waals surface area contributed by atoms with Crippen molar-refractivity contribution in [1.29, 1.82) is 0 Å². The van der Waals surface area contributed by atoms with Crippen molar-refractivity contribution in [1.82, 2.24) is 0 Å². The van der Waals surface area contributed by atoms with E-state index < -0.39 is 0 Å². The van der Waals surface area contributed by atoms with Gasteiger partial charge in [0.25, 0.3) is 0 Å². The Labute approximate surface area is 130 Å². The quantitative estimate of drug-likeness (QED) is 0.599. The molecule has 0 aliphatic rings. The standard InChI is InChI=1S/C15H12BrCl2F/c16-9-12(11-2-1-3-13(17)8-11)6-10-4-5-15(19)14(18)7-10/h1-5,7-8,12H,6,9H2. The molecule has 19 heavy (non-hydrogen) atoms. The molecule has 1 atom stereocenters. The lowest BCUT2D eigenvalue weighted by atomic mass is 9.94. The SMILES string of the molecule is Fc1ccc(CC(CBr)c2cccc(Cl)c2)cc1Cl. The zero-order valence-electron chi connectivity index (χ0n) is 10.0. The third kappa shape index (κ3) is 3.95. The third-order valence-electron chi connectivity index (χ3n) is 2.97. The van der Waals surface area contributed by atoms with Crippen LogP contribution in [0, 0.1) is 5.82 Å². The predicted molar refractivity (Wildman–Crippen MR) is 83.1 cm³/mol. The van der Waals surface area contributed by atoms with E-state index in [0.717, 1.165) is 27.9 Å². The number of benzene rings is 2. The van der Waals surface area contributed by atoms with E-state index in [1.54, 1.807) is 12.1 Å². The minimum Gasteiger partial charge on any atom is -0.205 e. The first-order valence-corrected chi connectivity index (χ1v) is 7.73. The van der Waals surface area contributed by atoms with Crippen LogP contribution in [0.3, 0.4) is 0 Å². The van der Waals surface area contributed by atoms with Crippen LogP contribution < -0.4 is 0 Å². The number of halogens is 4. The van der Waals surface area contributed by atoms with Crippen molar-refractivity contribution in [3.8, 4) is 0 Å². The molecule has 2 rings (SSSR count). The maximum absolute atomic E-state index is 13.1. The van der Waals surface area contributed by atoms with Gasteiger partial charge in [0.1, 0.15) is 5.82 Å². The minimum absolute atomic E-state index is 0.164. The van der Waals surface area contributed by atoms with Gasteiger partial charge in [-0.2, -0.15) is 0 Å². The summed E-state index contributed by atoms with van der Waals surface area (Å²) in [5, 5.41) is 1.69. The van der Waals surface area contributed by atoms with Gasteiger partial charge in [-0.25, -0.2) is 4.39 Å². The molecule has 0 fully saturated rings. The van der Waals surface area contributed by atoms with Gasteiger partial charge in [-0.3, -0.25) is 0 Å². The van der Waals surface area contributed by atoms with Crippen LogP contribution in [-0.2, 0) is 6.42 Å². The van der Waals surface area contributed by atoms with Gasteiger partial charge < -0.3 is 0 Å². The van der Waals surface area contributed by atoms with E-state index in [2.05, 4.69) is 15.9 Å². The molecule has 2 aromatic carbocycles. The van der Waals surface area contributed by atoms with E-state index in [-0.39, 0.29) is 16.8 Å². The Morgan fingerprint density at radius 1 is 1.11 bits per heavy atom. The minimum atomic E-state index is -0.386. The van der Waals surface area contributed by atoms with Gasteiger partial charge in [-0.1, -0.05) is 57.3 Å². The van der Waals surface area contributed by atoms with E-state index in [4.69, 9.17) is 23.2 Å². The number of alkyl halides is 1. The van der Waals surface area contributed by atoms with Crippen LogP contribution in [0.25, 0.3) is 0 Å². The van der Waals surface area contributed by atoms with Gasteiger partial charge in [0.05, 0.1) is 5.02 Å². The van der Waals surface area contributed by atoms with Crippen molar-refractivity contribution < 1.29 is 4.39 Å². The lowest BCUT2D eigenvalue weighted by Crippen LogP contribution is -2.04. The Bertz CT molecular complexity index is 572. The van der Waals surface area contributed by atoms with Gasteiger partial charge >= 0.3 is 0 Å². The van der Waals surface area contributed by atoms with Crippen molar-refractivity contribution in [2.45, 2.75) is 12.3 Å². The highest BCUT2D eigenvalue weighted by molar-refractivity contribution is 9.09. The summed E-state index contributed by atoms with van der Waals surface area (Å²) in [7, 11) is 0. The Hall–Kier alpha value is -0.570. The molecular formula is C15H12BrCl2F. The summed E-state index contributed by atoms with van der Waals surface area (Å²) in [5.74, 6) is -0.108. The molecule has 0 radical (unpaired) electrons. The molecule has 0 heterocycles. The van der Waals surface area contributed by atoms with Crippen molar-refractivity contribution in [2.75, 3.05) is 5.33 Å². The largest absolute Gasteiger partial charge is 0.205 e. The van der Waals surface area contributed by atoms with Crippen LogP contribution >= 0.6 is 39.1 Å². The molecular weight excluding hydrogens is 350 g/mol. The molecule has 0 spiro atoms. The number of hydrogen-bond acceptors (Lipinski definition) is 0. The highest BCUT2D eigenvalue weighted by Gasteiger charge is 2.12. The molecule has 0 aliphatic heterocycles. The zero-order valence-corrected chi connectivity index (χ0v) is 13.1. The first kappa shape index (κ1) is 14.8. The molecule has 2 aromatic rings. The van der Waals surface area contributed by atoms with Crippen LogP contribution in [0.5, 0.6) is 0 Å². The number of hydrogen-bond donors (Lipinski definition) is 0. The second kappa shape index (κ2) is 6.74. The van der Waals surface area contributed by atoms with E-state index in [1.807, 2.05) is 24.3 Å². The second-order valence-corrected chi connectivity index (χ2v) is 5.85. The van der Waals surface area contributed by atoms with Gasteiger partial charge in [0, 0.05) is 10.4 Å².